The van der Waals surface area contributed by atoms with E-state index in [0.717, 1.165) is 17.7 Å². The summed E-state index contributed by atoms with van der Waals surface area (Å²) in [5.74, 6) is 0.808. The maximum absolute atomic E-state index is 8.82. The molecule has 2 nitrogen and oxygen atoms in total. The Morgan fingerprint density at radius 1 is 1.04 bits per heavy atom. The number of hydrogen-bond donors (Lipinski definition) is 1. The Morgan fingerprint density at radius 2 is 1.70 bits per heavy atom. The van der Waals surface area contributed by atoms with Gasteiger partial charge in [-0.15, -0.1) is 0 Å². The fourth-order valence-corrected chi connectivity index (χ4v) is 2.49. The zero-order chi connectivity index (χ0) is 15.3. The Morgan fingerprint density at radius 3 is 2.30 bits per heavy atom. The van der Waals surface area contributed by atoms with Crippen molar-refractivity contribution in [2.75, 3.05) is 13.2 Å². The summed E-state index contributed by atoms with van der Waals surface area (Å²) >= 11 is 0. The minimum Gasteiger partial charge on any atom is -0.491 e. The van der Waals surface area contributed by atoms with Gasteiger partial charge in [0, 0.05) is 5.56 Å². The van der Waals surface area contributed by atoms with Crippen molar-refractivity contribution in [3.05, 3.63) is 35.9 Å². The van der Waals surface area contributed by atoms with E-state index < -0.39 is 0 Å². The van der Waals surface area contributed by atoms with Gasteiger partial charge in [0.05, 0.1) is 6.61 Å². The smallest absolute Gasteiger partial charge is 0.126 e. The molecule has 0 fully saturated rings. The normalized spacial score (nSPS) is 9.65. The number of aryl methyl sites for hydroxylation is 1. The Bertz CT molecular complexity index is 399. The molecule has 0 aliphatic carbocycles. The second-order valence-corrected chi connectivity index (χ2v) is 5.52. The molecule has 0 radical (unpaired) electrons. The molecule has 0 aliphatic heterocycles. The topological polar surface area (TPSA) is 29.5 Å². The quantitative estimate of drug-likeness (QED) is 0.460. The van der Waals surface area contributed by atoms with E-state index in [1.54, 1.807) is 0 Å². The number of aliphatic hydroxyl groups excluding tert-OH is 1. The molecule has 0 aliphatic rings. The molecule has 0 atom stereocenters. The third-order valence-corrected chi connectivity index (χ3v) is 3.71. The van der Waals surface area contributed by atoms with Crippen LogP contribution in [0.3, 0.4) is 0 Å². The first-order valence-electron chi connectivity index (χ1n) is 8.30. The van der Waals surface area contributed by atoms with Gasteiger partial charge in [-0.3, -0.25) is 0 Å². The highest BCUT2D eigenvalue weighted by molar-refractivity contribution is 5.56. The number of aliphatic hydroxyl groups is 1. The van der Waals surface area contributed by atoms with Crippen LogP contribution in [-0.2, 0) is 6.42 Å². The Hall–Kier alpha value is -1.28. The lowest BCUT2D eigenvalue weighted by Crippen LogP contribution is -2.03. The van der Waals surface area contributed by atoms with Gasteiger partial charge in [0.15, 0.2) is 0 Å². The van der Waals surface area contributed by atoms with Crippen LogP contribution in [0.15, 0.2) is 24.8 Å². The molecular formula is C21H38O2. The summed E-state index contributed by atoms with van der Waals surface area (Å²) in [6, 6.07) is 6.26. The molecule has 0 heterocycles. The van der Waals surface area contributed by atoms with Crippen LogP contribution in [0.4, 0.5) is 0 Å². The second-order valence-electron chi connectivity index (χ2n) is 5.52. The van der Waals surface area contributed by atoms with Gasteiger partial charge in [-0.25, -0.2) is 0 Å². The lowest BCUT2D eigenvalue weighted by atomic mass is 10.0. The average molecular weight is 323 g/mol. The SMILES string of the molecule is C.C.C=Cc1cc(CCCCCCCCC)ccc1OCCO. The van der Waals surface area contributed by atoms with Crippen LogP contribution in [0.1, 0.15) is 77.8 Å². The van der Waals surface area contributed by atoms with Gasteiger partial charge in [0.1, 0.15) is 12.4 Å². The molecular weight excluding hydrogens is 284 g/mol. The lowest BCUT2D eigenvalue weighted by molar-refractivity contribution is 0.201. The van der Waals surface area contributed by atoms with Crippen molar-refractivity contribution in [3.63, 3.8) is 0 Å². The minimum atomic E-state index is 0. The first-order chi connectivity index (χ1) is 10.3. The van der Waals surface area contributed by atoms with E-state index in [9.17, 15) is 0 Å². The number of benzene rings is 1. The molecule has 1 aromatic rings. The van der Waals surface area contributed by atoms with E-state index in [1.807, 2.05) is 12.1 Å². The fraction of sp³-hybridized carbons (Fsp3) is 0.619. The van der Waals surface area contributed by atoms with Gasteiger partial charge >= 0.3 is 0 Å². The van der Waals surface area contributed by atoms with Gasteiger partial charge in [0.2, 0.25) is 0 Å². The molecule has 0 bridgehead atoms. The Kier molecular flexibility index (Phi) is 16.3. The van der Waals surface area contributed by atoms with Crippen LogP contribution in [0.5, 0.6) is 5.75 Å². The van der Waals surface area contributed by atoms with Crippen LogP contribution in [-0.4, -0.2) is 18.3 Å². The average Bonchev–Trinajstić information content (AvgIpc) is 2.52. The van der Waals surface area contributed by atoms with Crippen molar-refractivity contribution in [2.24, 2.45) is 0 Å². The molecule has 0 saturated carbocycles. The second kappa shape index (κ2) is 15.6. The van der Waals surface area contributed by atoms with Gasteiger partial charge in [0.25, 0.3) is 0 Å². The molecule has 0 spiro atoms. The van der Waals surface area contributed by atoms with E-state index in [0.29, 0.717) is 6.61 Å². The van der Waals surface area contributed by atoms with Crippen LogP contribution >= 0.6 is 0 Å². The first-order valence-corrected chi connectivity index (χ1v) is 8.30. The third kappa shape index (κ3) is 10.2. The summed E-state index contributed by atoms with van der Waals surface area (Å²) in [6.45, 7) is 6.46. The van der Waals surface area contributed by atoms with E-state index in [2.05, 4.69) is 25.6 Å². The third-order valence-electron chi connectivity index (χ3n) is 3.71. The summed E-state index contributed by atoms with van der Waals surface area (Å²) in [5.41, 5.74) is 2.36. The molecule has 0 amide bonds. The monoisotopic (exact) mass is 322 g/mol. The van der Waals surface area contributed by atoms with E-state index >= 15 is 0 Å². The highest BCUT2D eigenvalue weighted by atomic mass is 16.5. The zero-order valence-electron chi connectivity index (χ0n) is 13.4. The minimum absolute atomic E-state index is 0. The molecule has 1 aromatic carbocycles. The van der Waals surface area contributed by atoms with Crippen LogP contribution in [0.2, 0.25) is 0 Å². The maximum atomic E-state index is 8.82. The largest absolute Gasteiger partial charge is 0.491 e. The van der Waals surface area contributed by atoms with Gasteiger partial charge < -0.3 is 9.84 Å². The molecule has 1 rings (SSSR count). The Balaban J connectivity index is 0. The number of hydrogen-bond acceptors (Lipinski definition) is 2. The fourth-order valence-electron chi connectivity index (χ4n) is 2.49. The molecule has 2 heteroatoms. The lowest BCUT2D eigenvalue weighted by Gasteiger charge is -2.10. The van der Waals surface area contributed by atoms with E-state index in [1.165, 1.54) is 50.5 Å². The van der Waals surface area contributed by atoms with Crippen molar-refractivity contribution in [1.29, 1.82) is 0 Å². The summed E-state index contributed by atoms with van der Waals surface area (Å²) in [6.07, 6.45) is 12.3. The van der Waals surface area contributed by atoms with Crippen LogP contribution < -0.4 is 4.74 Å². The Labute approximate surface area is 144 Å². The number of ether oxygens (including phenoxy) is 1. The molecule has 1 N–H and O–H groups in total. The summed E-state index contributed by atoms with van der Waals surface area (Å²) in [7, 11) is 0. The van der Waals surface area contributed by atoms with Crippen molar-refractivity contribution < 1.29 is 9.84 Å². The van der Waals surface area contributed by atoms with Gasteiger partial charge in [-0.1, -0.05) is 79.0 Å². The molecule has 0 aromatic heterocycles. The van der Waals surface area contributed by atoms with E-state index in [-0.39, 0.29) is 21.5 Å². The van der Waals surface area contributed by atoms with Crippen molar-refractivity contribution in [2.45, 2.75) is 73.1 Å². The standard InChI is InChI=1S/C19H30O2.2CH4/c1-3-5-6-7-8-9-10-11-17-12-13-19(21-15-14-20)18(4-2)16-17;;/h4,12-13,16,20H,2-3,5-11,14-15H2,1H3;2*1H4. The van der Waals surface area contributed by atoms with Crippen LogP contribution in [0, 0.1) is 0 Å². The van der Waals surface area contributed by atoms with Crippen molar-refractivity contribution in [3.8, 4) is 5.75 Å². The number of unbranched alkanes of at least 4 members (excludes halogenated alkanes) is 6. The van der Waals surface area contributed by atoms with Crippen molar-refractivity contribution in [1.82, 2.24) is 0 Å². The van der Waals surface area contributed by atoms with E-state index in [4.69, 9.17) is 9.84 Å². The maximum Gasteiger partial charge on any atom is 0.126 e. The number of rotatable bonds is 12. The predicted molar refractivity (Wildman–Crippen MR) is 104 cm³/mol. The van der Waals surface area contributed by atoms with Gasteiger partial charge in [-0.2, -0.15) is 0 Å². The van der Waals surface area contributed by atoms with Crippen molar-refractivity contribution >= 4 is 6.08 Å². The molecule has 134 valence electrons. The highest BCUT2D eigenvalue weighted by Crippen LogP contribution is 2.22. The molecule has 23 heavy (non-hydrogen) atoms. The highest BCUT2D eigenvalue weighted by Gasteiger charge is 2.02. The molecule has 0 saturated heterocycles. The summed E-state index contributed by atoms with van der Waals surface area (Å²) in [4.78, 5) is 0. The first kappa shape index (κ1) is 24.0. The summed E-state index contributed by atoms with van der Waals surface area (Å²) < 4.78 is 5.49. The zero-order valence-corrected chi connectivity index (χ0v) is 13.4. The predicted octanol–water partition coefficient (Wildman–Crippen LogP) is 6.27. The molecule has 0 unspecified atom stereocenters. The van der Waals surface area contributed by atoms with Crippen LogP contribution in [0.25, 0.3) is 6.08 Å². The van der Waals surface area contributed by atoms with Gasteiger partial charge in [-0.05, 0) is 30.5 Å². The summed E-state index contributed by atoms with van der Waals surface area (Å²) in [5, 5.41) is 8.82.